The number of pyridine rings is 1. The Morgan fingerprint density at radius 3 is 3.06 bits per heavy atom. The van der Waals surface area contributed by atoms with Crippen molar-refractivity contribution >= 4 is 11.6 Å². The van der Waals surface area contributed by atoms with Gasteiger partial charge in [0.25, 0.3) is 0 Å². The fraction of sp³-hybridized carbons (Fsp3) is 0.364. The number of nitriles is 1. The Kier molecular flexibility index (Phi) is 3.01. The van der Waals surface area contributed by atoms with Gasteiger partial charge in [0, 0.05) is 13.1 Å². The lowest BCUT2D eigenvalue weighted by Gasteiger charge is -2.20. The molecule has 1 N–H and O–H groups in total. The maximum atomic E-state index is 11.4. The number of rotatable bonds is 1. The highest BCUT2D eigenvalue weighted by Gasteiger charge is 2.14. The fourth-order valence-corrected chi connectivity index (χ4v) is 1.67. The van der Waals surface area contributed by atoms with Crippen LogP contribution in [-0.4, -0.2) is 30.5 Å². The number of aromatic nitrogens is 1. The lowest BCUT2D eigenvalue weighted by atomic mass is 10.3. The number of hydrogen-bond donors (Lipinski definition) is 1. The Morgan fingerprint density at radius 2 is 2.38 bits per heavy atom. The second-order valence-electron chi connectivity index (χ2n) is 3.64. The van der Waals surface area contributed by atoms with Crippen molar-refractivity contribution in [3.05, 3.63) is 24.0 Å². The van der Waals surface area contributed by atoms with Crippen molar-refractivity contribution in [2.45, 2.75) is 6.42 Å². The largest absolute Gasteiger partial charge is 0.361 e. The highest BCUT2D eigenvalue weighted by Crippen LogP contribution is 2.14. The van der Waals surface area contributed by atoms with Gasteiger partial charge in [0.15, 0.2) is 0 Å². The van der Waals surface area contributed by atoms with Gasteiger partial charge in [-0.15, -0.1) is 0 Å². The normalized spacial score (nSPS) is 16.2. The van der Waals surface area contributed by atoms with E-state index in [9.17, 15) is 4.79 Å². The van der Waals surface area contributed by atoms with E-state index >= 15 is 0 Å². The van der Waals surface area contributed by atoms with Crippen molar-refractivity contribution in [3.8, 4) is 6.07 Å². The number of nitrogens with one attached hydrogen (secondary N) is 1. The van der Waals surface area contributed by atoms with Crippen LogP contribution in [0.1, 0.15) is 12.1 Å². The summed E-state index contributed by atoms with van der Waals surface area (Å²) in [5, 5.41) is 11.4. The molecular weight excluding hydrogens is 204 g/mol. The molecule has 16 heavy (non-hydrogen) atoms. The van der Waals surface area contributed by atoms with Crippen LogP contribution < -0.4 is 10.2 Å². The SMILES string of the molecule is N#Cc1ccc(N2CCCNC(=O)C2)cn1. The van der Waals surface area contributed by atoms with Gasteiger partial charge in [0.05, 0.1) is 18.4 Å². The molecule has 1 aromatic rings. The summed E-state index contributed by atoms with van der Waals surface area (Å²) in [7, 11) is 0. The average molecular weight is 216 g/mol. The first-order valence-electron chi connectivity index (χ1n) is 5.17. The van der Waals surface area contributed by atoms with E-state index < -0.39 is 0 Å². The van der Waals surface area contributed by atoms with Crippen molar-refractivity contribution in [2.75, 3.05) is 24.5 Å². The number of hydrogen-bond acceptors (Lipinski definition) is 4. The average Bonchev–Trinajstić information content (AvgIpc) is 2.54. The Labute approximate surface area is 93.7 Å². The quantitative estimate of drug-likeness (QED) is 0.732. The Balaban J connectivity index is 2.16. The van der Waals surface area contributed by atoms with E-state index in [1.165, 1.54) is 0 Å². The summed E-state index contributed by atoms with van der Waals surface area (Å²) in [5.41, 5.74) is 1.28. The summed E-state index contributed by atoms with van der Waals surface area (Å²) in [6.07, 6.45) is 2.56. The van der Waals surface area contributed by atoms with E-state index in [0.717, 1.165) is 25.2 Å². The van der Waals surface area contributed by atoms with Crippen LogP contribution in [0.25, 0.3) is 0 Å². The molecule has 82 valence electrons. The molecule has 1 aromatic heterocycles. The molecule has 5 nitrogen and oxygen atoms in total. The second-order valence-corrected chi connectivity index (χ2v) is 3.64. The maximum Gasteiger partial charge on any atom is 0.239 e. The van der Waals surface area contributed by atoms with Gasteiger partial charge in [-0.25, -0.2) is 4.98 Å². The van der Waals surface area contributed by atoms with Crippen LogP contribution in [0, 0.1) is 11.3 Å². The second kappa shape index (κ2) is 4.62. The van der Waals surface area contributed by atoms with Crippen LogP contribution in [-0.2, 0) is 4.79 Å². The molecule has 2 heterocycles. The van der Waals surface area contributed by atoms with Crippen LogP contribution in [0.2, 0.25) is 0 Å². The molecule has 0 atom stereocenters. The van der Waals surface area contributed by atoms with Gasteiger partial charge < -0.3 is 10.2 Å². The molecular formula is C11H12N4O. The van der Waals surface area contributed by atoms with Crippen LogP contribution >= 0.6 is 0 Å². The zero-order valence-corrected chi connectivity index (χ0v) is 8.81. The van der Waals surface area contributed by atoms with E-state index in [2.05, 4.69) is 10.3 Å². The zero-order valence-electron chi connectivity index (χ0n) is 8.81. The van der Waals surface area contributed by atoms with E-state index in [0.29, 0.717) is 12.2 Å². The van der Waals surface area contributed by atoms with Crippen LogP contribution in [0.3, 0.4) is 0 Å². The topological polar surface area (TPSA) is 69.0 Å². The summed E-state index contributed by atoms with van der Waals surface area (Å²) >= 11 is 0. The van der Waals surface area contributed by atoms with Crippen molar-refractivity contribution in [1.29, 1.82) is 5.26 Å². The predicted molar refractivity (Wildman–Crippen MR) is 58.8 cm³/mol. The van der Waals surface area contributed by atoms with Crippen molar-refractivity contribution in [1.82, 2.24) is 10.3 Å². The van der Waals surface area contributed by atoms with E-state index in [4.69, 9.17) is 5.26 Å². The lowest BCUT2D eigenvalue weighted by molar-refractivity contribution is -0.119. The molecule has 0 aliphatic carbocycles. The van der Waals surface area contributed by atoms with Gasteiger partial charge in [-0.05, 0) is 18.6 Å². The van der Waals surface area contributed by atoms with E-state index in [1.54, 1.807) is 12.3 Å². The van der Waals surface area contributed by atoms with Gasteiger partial charge in [0.2, 0.25) is 5.91 Å². The van der Waals surface area contributed by atoms with Gasteiger partial charge in [0.1, 0.15) is 11.8 Å². The Morgan fingerprint density at radius 1 is 1.50 bits per heavy atom. The Bertz CT molecular complexity index is 421. The molecule has 5 heteroatoms. The number of carbonyl (C=O) groups excluding carboxylic acids is 1. The van der Waals surface area contributed by atoms with Crippen LogP contribution in [0.15, 0.2) is 18.3 Å². The zero-order chi connectivity index (χ0) is 11.4. The van der Waals surface area contributed by atoms with Crippen molar-refractivity contribution < 1.29 is 4.79 Å². The number of nitrogens with zero attached hydrogens (tertiary/aromatic N) is 3. The number of carbonyl (C=O) groups is 1. The molecule has 1 saturated heterocycles. The molecule has 1 fully saturated rings. The molecule has 1 amide bonds. The molecule has 0 saturated carbocycles. The third kappa shape index (κ3) is 2.28. The minimum atomic E-state index is 0.0295. The summed E-state index contributed by atoms with van der Waals surface area (Å²) in [6, 6.07) is 5.46. The molecule has 0 aromatic carbocycles. The fourth-order valence-electron chi connectivity index (χ4n) is 1.67. The molecule has 1 aliphatic heterocycles. The summed E-state index contributed by atoms with van der Waals surface area (Å²) in [4.78, 5) is 17.3. The lowest BCUT2D eigenvalue weighted by Crippen LogP contribution is -2.33. The van der Waals surface area contributed by atoms with E-state index in [-0.39, 0.29) is 5.91 Å². The number of anilines is 1. The summed E-state index contributed by atoms with van der Waals surface area (Å²) in [6.45, 7) is 1.90. The number of amides is 1. The molecule has 0 radical (unpaired) electrons. The first-order chi connectivity index (χ1) is 7.79. The smallest absolute Gasteiger partial charge is 0.239 e. The third-order valence-corrected chi connectivity index (χ3v) is 2.49. The van der Waals surface area contributed by atoms with Gasteiger partial charge in [-0.1, -0.05) is 0 Å². The van der Waals surface area contributed by atoms with Gasteiger partial charge in [-0.2, -0.15) is 5.26 Å². The van der Waals surface area contributed by atoms with Crippen molar-refractivity contribution in [3.63, 3.8) is 0 Å². The highest BCUT2D eigenvalue weighted by atomic mass is 16.2. The molecule has 0 spiro atoms. The monoisotopic (exact) mass is 216 g/mol. The first-order valence-corrected chi connectivity index (χ1v) is 5.17. The summed E-state index contributed by atoms with van der Waals surface area (Å²) < 4.78 is 0. The van der Waals surface area contributed by atoms with Gasteiger partial charge >= 0.3 is 0 Å². The molecule has 0 unspecified atom stereocenters. The van der Waals surface area contributed by atoms with Crippen LogP contribution in [0.5, 0.6) is 0 Å². The predicted octanol–water partition coefficient (Wildman–Crippen LogP) is 0.280. The molecule has 1 aliphatic rings. The standard InChI is InChI=1S/C11H12N4O/c12-6-9-2-3-10(7-14-9)15-5-1-4-13-11(16)8-15/h2-3,7H,1,4-5,8H2,(H,13,16). The first kappa shape index (κ1) is 10.4. The maximum absolute atomic E-state index is 11.4. The minimum Gasteiger partial charge on any atom is -0.361 e. The highest BCUT2D eigenvalue weighted by molar-refractivity contribution is 5.81. The summed E-state index contributed by atoms with van der Waals surface area (Å²) in [5.74, 6) is 0.0295. The van der Waals surface area contributed by atoms with Crippen molar-refractivity contribution in [2.24, 2.45) is 0 Å². The molecule has 0 bridgehead atoms. The minimum absolute atomic E-state index is 0.0295. The van der Waals surface area contributed by atoms with Gasteiger partial charge in [-0.3, -0.25) is 4.79 Å². The third-order valence-electron chi connectivity index (χ3n) is 2.49. The molecule has 2 rings (SSSR count). The Hall–Kier alpha value is -2.09. The van der Waals surface area contributed by atoms with E-state index in [1.807, 2.05) is 17.0 Å². The van der Waals surface area contributed by atoms with Crippen LogP contribution in [0.4, 0.5) is 5.69 Å².